The quantitative estimate of drug-likeness (QED) is 0.319. The molecule has 1 aromatic heterocycles. The molecule has 2 aromatic carbocycles. The molecule has 0 amide bonds. The molecule has 34 heavy (non-hydrogen) atoms. The van der Waals surface area contributed by atoms with Crippen LogP contribution in [0.25, 0.3) is 10.9 Å². The van der Waals surface area contributed by atoms with E-state index in [4.69, 9.17) is 14.0 Å². The van der Waals surface area contributed by atoms with Crippen molar-refractivity contribution >= 4 is 24.9 Å². The number of rotatable bonds is 8. The first-order valence-corrected chi connectivity index (χ1v) is 15.0. The Hall–Kier alpha value is -2.70. The summed E-state index contributed by atoms with van der Waals surface area (Å²) in [6.07, 6.45) is 1.59. The van der Waals surface area contributed by atoms with Gasteiger partial charge in [0.25, 0.3) is 0 Å². The fraction of sp³-hybridized carbons (Fsp3) is 0.429. The summed E-state index contributed by atoms with van der Waals surface area (Å²) in [4.78, 5) is 10.3. The predicted molar refractivity (Wildman–Crippen MR) is 141 cm³/mol. The van der Waals surface area contributed by atoms with Gasteiger partial charge in [0, 0.05) is 36.1 Å². The fourth-order valence-electron chi connectivity index (χ4n) is 3.85. The zero-order valence-corrected chi connectivity index (χ0v) is 22.2. The number of hydrogen-bond acceptors (Lipinski definition) is 5. The summed E-state index contributed by atoms with van der Waals surface area (Å²) in [6.45, 7) is 14.6. The van der Waals surface area contributed by atoms with Crippen LogP contribution in [-0.2, 0) is 15.9 Å². The molecule has 0 saturated carbocycles. The van der Waals surface area contributed by atoms with E-state index in [1.54, 1.807) is 0 Å². The summed E-state index contributed by atoms with van der Waals surface area (Å²) in [6, 6.07) is 18.4. The second kappa shape index (κ2) is 9.88. The molecule has 180 valence electrons. The monoisotopic (exact) mass is 476 g/mol. The van der Waals surface area contributed by atoms with Crippen molar-refractivity contribution in [1.29, 1.82) is 0 Å². The third-order valence-electron chi connectivity index (χ3n) is 6.97. The number of ether oxygens (including phenoxy) is 1. The van der Waals surface area contributed by atoms with Crippen molar-refractivity contribution in [3.63, 3.8) is 0 Å². The minimum absolute atomic E-state index is 0.0382. The summed E-state index contributed by atoms with van der Waals surface area (Å²) in [7, 11) is -1.73. The summed E-state index contributed by atoms with van der Waals surface area (Å²) in [5.74, 6) is 0.837. The van der Waals surface area contributed by atoms with Crippen molar-refractivity contribution in [2.75, 3.05) is 6.61 Å². The van der Waals surface area contributed by atoms with Crippen LogP contribution in [0.5, 0.6) is 5.75 Å². The van der Waals surface area contributed by atoms with E-state index >= 15 is 0 Å². The van der Waals surface area contributed by atoms with Gasteiger partial charge in [-0.3, -0.25) is 4.98 Å². The average molecular weight is 477 g/mol. The van der Waals surface area contributed by atoms with Crippen LogP contribution in [0, 0.1) is 6.92 Å². The highest BCUT2D eigenvalue weighted by Gasteiger charge is 2.37. The first-order valence-electron chi connectivity index (χ1n) is 12.1. The molecule has 4 rings (SSSR count). The molecule has 0 bridgehead atoms. The van der Waals surface area contributed by atoms with Gasteiger partial charge in [0.05, 0.1) is 11.2 Å². The smallest absolute Gasteiger partial charge is 0.191 e. The summed E-state index contributed by atoms with van der Waals surface area (Å²) < 4.78 is 12.4. The van der Waals surface area contributed by atoms with E-state index in [1.165, 1.54) is 0 Å². The minimum atomic E-state index is -1.73. The first kappa shape index (κ1) is 24.4. The minimum Gasteiger partial charge on any atom is -0.489 e. The zero-order chi connectivity index (χ0) is 24.3. The number of oxime groups is 1. The number of aromatic nitrogens is 1. The molecule has 1 unspecified atom stereocenters. The van der Waals surface area contributed by atoms with E-state index in [0.29, 0.717) is 13.2 Å². The molecule has 0 radical (unpaired) electrons. The third kappa shape index (κ3) is 5.67. The Morgan fingerprint density at radius 3 is 2.53 bits per heavy atom. The highest BCUT2D eigenvalue weighted by atomic mass is 28.4. The Kier molecular flexibility index (Phi) is 7.10. The number of fused-ring (bicyclic) bond motifs is 1. The molecule has 0 spiro atoms. The van der Waals surface area contributed by atoms with Crippen molar-refractivity contribution in [3.8, 4) is 5.75 Å². The van der Waals surface area contributed by atoms with Crippen molar-refractivity contribution < 1.29 is 14.0 Å². The number of hydrogen-bond donors (Lipinski definition) is 0. The lowest BCUT2D eigenvalue weighted by Gasteiger charge is -2.36. The van der Waals surface area contributed by atoms with Crippen molar-refractivity contribution in [2.24, 2.45) is 5.16 Å². The van der Waals surface area contributed by atoms with Crippen LogP contribution in [0.1, 0.15) is 56.5 Å². The van der Waals surface area contributed by atoms with Gasteiger partial charge in [-0.05, 0) is 54.9 Å². The maximum atomic E-state index is 6.29. The zero-order valence-electron chi connectivity index (χ0n) is 21.2. The van der Waals surface area contributed by atoms with E-state index in [0.717, 1.165) is 52.0 Å². The molecule has 2 heterocycles. The second-order valence-corrected chi connectivity index (χ2v) is 15.4. The van der Waals surface area contributed by atoms with E-state index in [1.807, 2.05) is 37.3 Å². The van der Waals surface area contributed by atoms with Gasteiger partial charge in [0.2, 0.25) is 0 Å². The molecular formula is C28H36N2O3Si. The van der Waals surface area contributed by atoms with E-state index in [9.17, 15) is 0 Å². The Labute approximate surface area is 204 Å². The topological polar surface area (TPSA) is 52.9 Å². The van der Waals surface area contributed by atoms with Crippen molar-refractivity contribution in [2.45, 2.75) is 71.4 Å². The molecule has 0 aliphatic carbocycles. The molecule has 1 aliphatic heterocycles. The highest BCUT2D eigenvalue weighted by Crippen LogP contribution is 2.37. The number of aryl methyl sites for hydroxylation is 1. The number of para-hydroxylation sites is 1. The lowest BCUT2D eigenvalue weighted by molar-refractivity contribution is 0.0856. The van der Waals surface area contributed by atoms with Crippen LogP contribution in [0.2, 0.25) is 18.1 Å². The van der Waals surface area contributed by atoms with E-state index < -0.39 is 8.32 Å². The van der Waals surface area contributed by atoms with Crippen LogP contribution in [0.4, 0.5) is 0 Å². The van der Waals surface area contributed by atoms with E-state index in [2.05, 4.69) is 68.3 Å². The predicted octanol–water partition coefficient (Wildman–Crippen LogP) is 7.35. The van der Waals surface area contributed by atoms with Gasteiger partial charge >= 0.3 is 0 Å². The molecule has 0 fully saturated rings. The molecular weight excluding hydrogens is 440 g/mol. The van der Waals surface area contributed by atoms with Crippen LogP contribution >= 0.6 is 0 Å². The molecule has 0 saturated heterocycles. The van der Waals surface area contributed by atoms with Crippen molar-refractivity contribution in [3.05, 3.63) is 71.4 Å². The number of benzene rings is 2. The number of nitrogens with zero attached hydrogens (tertiary/aromatic N) is 2. The van der Waals surface area contributed by atoms with Crippen LogP contribution in [0.15, 0.2) is 59.8 Å². The fourth-order valence-corrected chi connectivity index (χ4v) is 4.89. The van der Waals surface area contributed by atoms with Gasteiger partial charge in [-0.15, -0.1) is 0 Å². The normalized spacial score (nSPS) is 16.4. The molecule has 1 atom stereocenters. The summed E-state index contributed by atoms with van der Waals surface area (Å²) >= 11 is 0. The van der Waals surface area contributed by atoms with Gasteiger partial charge in [-0.25, -0.2) is 0 Å². The standard InChI is InChI=1S/C28H36N2O3Si/c1-20-17-22(25-9-7-8-10-26(25)29-20)19-31-24-13-11-21(12-14-24)27-18-23(30-33-27)15-16-32-34(5,6)28(2,3)4/h7-14,17,27H,15-16,18-19H2,1-6H3. The second-order valence-electron chi connectivity index (χ2n) is 10.6. The Balaban J connectivity index is 1.29. The van der Waals surface area contributed by atoms with E-state index in [-0.39, 0.29) is 11.1 Å². The summed E-state index contributed by atoms with van der Waals surface area (Å²) in [5.41, 5.74) is 5.33. The maximum Gasteiger partial charge on any atom is 0.191 e. The molecule has 3 aromatic rings. The maximum absolute atomic E-state index is 6.29. The van der Waals surface area contributed by atoms with Crippen molar-refractivity contribution in [1.82, 2.24) is 4.98 Å². The van der Waals surface area contributed by atoms with Crippen LogP contribution in [0.3, 0.4) is 0 Å². The Morgan fingerprint density at radius 2 is 1.79 bits per heavy atom. The average Bonchev–Trinajstić information content (AvgIpc) is 3.25. The third-order valence-corrected chi connectivity index (χ3v) is 11.5. The lowest BCUT2D eigenvalue weighted by atomic mass is 10.0. The number of pyridine rings is 1. The Bertz CT molecular complexity index is 1170. The van der Waals surface area contributed by atoms with Gasteiger partial charge in [-0.1, -0.05) is 56.3 Å². The van der Waals surface area contributed by atoms with Gasteiger partial charge in [0.15, 0.2) is 14.4 Å². The SMILES string of the molecule is Cc1cc(COc2ccc(C3CC(CCO[Si](C)(C)C(C)(C)C)=NO3)cc2)c2ccccc2n1. The van der Waals surface area contributed by atoms with Gasteiger partial charge < -0.3 is 14.0 Å². The molecule has 1 aliphatic rings. The molecule has 6 heteroatoms. The van der Waals surface area contributed by atoms with Crippen LogP contribution in [-0.4, -0.2) is 25.6 Å². The van der Waals surface area contributed by atoms with Crippen LogP contribution < -0.4 is 4.74 Å². The molecule has 5 nitrogen and oxygen atoms in total. The highest BCUT2D eigenvalue weighted by molar-refractivity contribution is 6.74. The van der Waals surface area contributed by atoms with Gasteiger partial charge in [-0.2, -0.15) is 0 Å². The molecule has 0 N–H and O–H groups in total. The summed E-state index contributed by atoms with van der Waals surface area (Å²) in [5, 5.41) is 5.68. The lowest BCUT2D eigenvalue weighted by Crippen LogP contribution is -2.41. The van der Waals surface area contributed by atoms with Gasteiger partial charge in [0.1, 0.15) is 12.4 Å². The first-order chi connectivity index (χ1) is 16.1. The largest absolute Gasteiger partial charge is 0.489 e. The Morgan fingerprint density at radius 1 is 1.06 bits per heavy atom.